The Morgan fingerprint density at radius 3 is 2.29 bits per heavy atom. The minimum Gasteiger partial charge on any atom is -0.497 e. The minimum absolute atomic E-state index is 0.0163. The van der Waals surface area contributed by atoms with Gasteiger partial charge in [-0.3, -0.25) is 4.79 Å². The number of hydrogen-bond donors (Lipinski definition) is 1. The fourth-order valence-corrected chi connectivity index (χ4v) is 5.51. The number of ether oxygens (including phenoxy) is 1. The highest BCUT2D eigenvalue weighted by atomic mass is 35.5. The van der Waals surface area contributed by atoms with E-state index in [1.807, 2.05) is 31.2 Å². The van der Waals surface area contributed by atoms with Gasteiger partial charge in [-0.2, -0.15) is 0 Å². The number of rotatable bonds is 8. The van der Waals surface area contributed by atoms with Crippen molar-refractivity contribution in [3.05, 3.63) is 64.7 Å². The zero-order chi connectivity index (χ0) is 22.4. The van der Waals surface area contributed by atoms with Crippen LogP contribution in [-0.4, -0.2) is 38.8 Å². The molecule has 1 aliphatic heterocycles. The zero-order valence-corrected chi connectivity index (χ0v) is 19.5. The Hall–Kier alpha value is -2.09. The van der Waals surface area contributed by atoms with Gasteiger partial charge in [-0.15, -0.1) is 0 Å². The highest BCUT2D eigenvalue weighted by Crippen LogP contribution is 2.25. The maximum Gasteiger partial charge on any atom is 0.223 e. The maximum atomic E-state index is 12.8. The zero-order valence-electron chi connectivity index (χ0n) is 17.9. The van der Waals surface area contributed by atoms with Gasteiger partial charge in [-0.25, -0.2) is 12.7 Å². The summed E-state index contributed by atoms with van der Waals surface area (Å²) in [5.74, 6) is 0.514. The molecule has 2 aromatic carbocycles. The van der Waals surface area contributed by atoms with Crippen LogP contribution < -0.4 is 10.1 Å². The van der Waals surface area contributed by atoms with E-state index in [1.54, 1.807) is 31.4 Å². The number of carbonyl (C=O) groups excluding carboxylic acids is 1. The lowest BCUT2D eigenvalue weighted by atomic mass is 9.95. The van der Waals surface area contributed by atoms with Crippen LogP contribution in [0, 0.1) is 5.92 Å². The summed E-state index contributed by atoms with van der Waals surface area (Å²) in [5.41, 5.74) is 1.73. The predicted octanol–water partition coefficient (Wildman–Crippen LogP) is 4.16. The van der Waals surface area contributed by atoms with Gasteiger partial charge >= 0.3 is 0 Å². The molecule has 1 saturated heterocycles. The topological polar surface area (TPSA) is 75.7 Å². The van der Waals surface area contributed by atoms with Crippen LogP contribution in [0.4, 0.5) is 0 Å². The standard InChI is InChI=1S/C23H29ClN2O4S/c1-3-22(18-6-10-21(30-2)11-7-18)25-23(27)19-12-14-26(15-13-19)31(28,29)16-17-4-8-20(24)9-5-17/h4-11,19,22H,3,12-16H2,1-2H3,(H,25,27). The number of sulfonamides is 1. The summed E-state index contributed by atoms with van der Waals surface area (Å²) in [5, 5.41) is 3.71. The molecule has 0 radical (unpaired) electrons. The van der Waals surface area contributed by atoms with Gasteiger partial charge in [-0.1, -0.05) is 42.8 Å². The third-order valence-corrected chi connectivity index (χ3v) is 7.83. The van der Waals surface area contributed by atoms with E-state index in [0.717, 1.165) is 17.7 Å². The molecule has 3 rings (SSSR count). The van der Waals surface area contributed by atoms with Crippen molar-refractivity contribution in [2.45, 2.75) is 38.0 Å². The van der Waals surface area contributed by atoms with E-state index in [-0.39, 0.29) is 23.6 Å². The molecule has 0 spiro atoms. The van der Waals surface area contributed by atoms with Crippen LogP contribution in [0.1, 0.15) is 43.4 Å². The van der Waals surface area contributed by atoms with E-state index in [4.69, 9.17) is 16.3 Å². The summed E-state index contributed by atoms with van der Waals surface area (Å²) in [6, 6.07) is 14.4. The highest BCUT2D eigenvalue weighted by Gasteiger charge is 2.31. The molecule has 0 aliphatic carbocycles. The number of amides is 1. The third-order valence-electron chi connectivity index (χ3n) is 5.72. The van der Waals surface area contributed by atoms with Gasteiger partial charge in [0.15, 0.2) is 0 Å². The molecule has 0 saturated carbocycles. The first-order valence-electron chi connectivity index (χ1n) is 10.5. The van der Waals surface area contributed by atoms with Crippen LogP contribution in [0.3, 0.4) is 0 Å². The van der Waals surface area contributed by atoms with Crippen LogP contribution in [0.5, 0.6) is 5.75 Å². The molecule has 1 heterocycles. The quantitative estimate of drug-likeness (QED) is 0.636. The number of nitrogens with zero attached hydrogens (tertiary/aromatic N) is 1. The first-order chi connectivity index (χ1) is 14.8. The van der Waals surface area contributed by atoms with E-state index in [1.165, 1.54) is 4.31 Å². The molecule has 1 N–H and O–H groups in total. The lowest BCUT2D eigenvalue weighted by Crippen LogP contribution is -2.44. The molecule has 1 amide bonds. The first kappa shape index (κ1) is 23.6. The van der Waals surface area contributed by atoms with Crippen molar-refractivity contribution in [1.29, 1.82) is 0 Å². The average molecular weight is 465 g/mol. The molecular formula is C23H29ClN2O4S. The SMILES string of the molecule is CCC(NC(=O)C1CCN(S(=O)(=O)Cc2ccc(Cl)cc2)CC1)c1ccc(OC)cc1. The van der Waals surface area contributed by atoms with Gasteiger partial charge in [0.2, 0.25) is 15.9 Å². The van der Waals surface area contributed by atoms with E-state index in [9.17, 15) is 13.2 Å². The molecule has 1 fully saturated rings. The van der Waals surface area contributed by atoms with Crippen molar-refractivity contribution < 1.29 is 17.9 Å². The summed E-state index contributed by atoms with van der Waals surface area (Å²) >= 11 is 5.87. The largest absolute Gasteiger partial charge is 0.497 e. The molecule has 8 heteroatoms. The molecule has 168 valence electrons. The normalized spacial score (nSPS) is 16.6. The van der Waals surface area contributed by atoms with Crippen LogP contribution in [0.25, 0.3) is 0 Å². The van der Waals surface area contributed by atoms with Crippen molar-refractivity contribution in [3.63, 3.8) is 0 Å². The van der Waals surface area contributed by atoms with Crippen molar-refractivity contribution in [2.75, 3.05) is 20.2 Å². The van der Waals surface area contributed by atoms with Crippen LogP contribution in [-0.2, 0) is 20.6 Å². The summed E-state index contributed by atoms with van der Waals surface area (Å²) in [6.07, 6.45) is 1.81. The predicted molar refractivity (Wildman–Crippen MR) is 123 cm³/mol. The van der Waals surface area contributed by atoms with Gasteiger partial charge in [0, 0.05) is 24.0 Å². The second-order valence-electron chi connectivity index (χ2n) is 7.80. The van der Waals surface area contributed by atoms with E-state index >= 15 is 0 Å². The lowest BCUT2D eigenvalue weighted by molar-refractivity contribution is -0.126. The van der Waals surface area contributed by atoms with E-state index in [0.29, 0.717) is 36.5 Å². The van der Waals surface area contributed by atoms with E-state index in [2.05, 4.69) is 5.32 Å². The van der Waals surface area contributed by atoms with Gasteiger partial charge in [0.05, 0.1) is 18.9 Å². The number of hydrogen-bond acceptors (Lipinski definition) is 4. The molecule has 1 atom stereocenters. The number of halogens is 1. The van der Waals surface area contributed by atoms with Crippen molar-refractivity contribution in [1.82, 2.24) is 9.62 Å². The Labute approximate surface area is 189 Å². The second-order valence-corrected chi connectivity index (χ2v) is 10.2. The Balaban J connectivity index is 1.55. The van der Waals surface area contributed by atoms with Crippen molar-refractivity contribution >= 4 is 27.5 Å². The highest BCUT2D eigenvalue weighted by molar-refractivity contribution is 7.88. The van der Waals surface area contributed by atoms with Crippen molar-refractivity contribution in [2.24, 2.45) is 5.92 Å². The average Bonchev–Trinajstić information content (AvgIpc) is 2.79. The van der Waals surface area contributed by atoms with Gasteiger partial charge in [0.25, 0.3) is 0 Å². The fraction of sp³-hybridized carbons (Fsp3) is 0.435. The van der Waals surface area contributed by atoms with Gasteiger partial charge in [-0.05, 0) is 54.7 Å². The maximum absolute atomic E-state index is 12.8. The molecule has 1 unspecified atom stereocenters. The molecule has 1 aliphatic rings. The molecular weight excluding hydrogens is 436 g/mol. The summed E-state index contributed by atoms with van der Waals surface area (Å²) in [4.78, 5) is 12.8. The molecule has 6 nitrogen and oxygen atoms in total. The number of nitrogens with one attached hydrogen (secondary N) is 1. The molecule has 2 aromatic rings. The number of carbonyl (C=O) groups is 1. The Morgan fingerprint density at radius 2 is 1.74 bits per heavy atom. The van der Waals surface area contributed by atoms with E-state index < -0.39 is 10.0 Å². The minimum atomic E-state index is -3.43. The smallest absolute Gasteiger partial charge is 0.223 e. The number of methoxy groups -OCH3 is 1. The third kappa shape index (κ3) is 6.21. The summed E-state index contributed by atoms with van der Waals surface area (Å²) in [6.45, 7) is 2.74. The Bertz CT molecular complexity index is 970. The molecule has 0 bridgehead atoms. The Morgan fingerprint density at radius 1 is 1.13 bits per heavy atom. The number of benzene rings is 2. The number of piperidine rings is 1. The molecule has 31 heavy (non-hydrogen) atoms. The van der Waals surface area contributed by atoms with Crippen molar-refractivity contribution in [3.8, 4) is 5.75 Å². The van der Waals surface area contributed by atoms with Crippen LogP contribution in [0.2, 0.25) is 5.02 Å². The van der Waals surface area contributed by atoms with Crippen LogP contribution >= 0.6 is 11.6 Å². The van der Waals surface area contributed by atoms with Gasteiger partial charge in [0.1, 0.15) is 5.75 Å². The fourth-order valence-electron chi connectivity index (χ4n) is 3.83. The lowest BCUT2D eigenvalue weighted by Gasteiger charge is -2.31. The summed E-state index contributed by atoms with van der Waals surface area (Å²) in [7, 11) is -1.81. The monoisotopic (exact) mass is 464 g/mol. The summed E-state index contributed by atoms with van der Waals surface area (Å²) < 4.78 is 32.2. The first-order valence-corrected chi connectivity index (χ1v) is 12.5. The van der Waals surface area contributed by atoms with Crippen LogP contribution in [0.15, 0.2) is 48.5 Å². The van der Waals surface area contributed by atoms with Gasteiger partial charge < -0.3 is 10.1 Å². The Kier molecular flexibility index (Phi) is 7.97. The second kappa shape index (κ2) is 10.5. The molecule has 0 aromatic heterocycles.